The van der Waals surface area contributed by atoms with Gasteiger partial charge in [0.2, 0.25) is 5.91 Å². The molecule has 27 heavy (non-hydrogen) atoms. The van der Waals surface area contributed by atoms with Gasteiger partial charge in [0.1, 0.15) is 5.82 Å². The van der Waals surface area contributed by atoms with Gasteiger partial charge in [0.05, 0.1) is 10.6 Å². The van der Waals surface area contributed by atoms with Crippen LogP contribution in [0.5, 0.6) is 0 Å². The first-order valence-corrected chi connectivity index (χ1v) is 9.89. The second-order valence-electron chi connectivity index (χ2n) is 7.58. The van der Waals surface area contributed by atoms with E-state index in [1.165, 1.54) is 25.1 Å². The highest BCUT2D eigenvalue weighted by Crippen LogP contribution is 2.39. The van der Waals surface area contributed by atoms with Crippen molar-refractivity contribution in [3.63, 3.8) is 0 Å². The summed E-state index contributed by atoms with van der Waals surface area (Å²) in [6, 6.07) is 4.09. The van der Waals surface area contributed by atoms with Gasteiger partial charge in [0.25, 0.3) is 5.91 Å². The highest BCUT2D eigenvalue weighted by molar-refractivity contribution is 6.31. The molecule has 2 heterocycles. The zero-order valence-electron chi connectivity index (χ0n) is 15.6. The molecule has 0 bridgehead atoms. The quantitative estimate of drug-likeness (QED) is 0.848. The van der Waals surface area contributed by atoms with Crippen molar-refractivity contribution < 1.29 is 18.7 Å². The normalized spacial score (nSPS) is 21.9. The first-order chi connectivity index (χ1) is 12.9. The van der Waals surface area contributed by atoms with Gasteiger partial charge in [-0.05, 0) is 56.2 Å². The van der Waals surface area contributed by atoms with Crippen LogP contribution in [-0.2, 0) is 9.53 Å². The van der Waals surface area contributed by atoms with Gasteiger partial charge in [0, 0.05) is 38.7 Å². The number of ether oxygens (including phenoxy) is 1. The SMILES string of the molecule is CC(=O)NCCC1CCOC2(CCN(C(=O)c3ccc(F)c(Cl)c3)CC2)C1. The summed E-state index contributed by atoms with van der Waals surface area (Å²) in [5, 5.41) is 2.83. The number of likely N-dealkylation sites (tertiary alicyclic amines) is 1. The van der Waals surface area contributed by atoms with Gasteiger partial charge in [-0.1, -0.05) is 11.6 Å². The molecule has 0 saturated carbocycles. The van der Waals surface area contributed by atoms with Crippen LogP contribution >= 0.6 is 11.6 Å². The van der Waals surface area contributed by atoms with Gasteiger partial charge < -0.3 is 15.0 Å². The van der Waals surface area contributed by atoms with Gasteiger partial charge >= 0.3 is 0 Å². The highest BCUT2D eigenvalue weighted by Gasteiger charge is 2.41. The molecule has 2 aliphatic heterocycles. The van der Waals surface area contributed by atoms with Crippen molar-refractivity contribution in [2.24, 2.45) is 5.92 Å². The van der Waals surface area contributed by atoms with Crippen LogP contribution in [-0.4, -0.2) is 48.6 Å². The third-order valence-electron chi connectivity index (χ3n) is 5.65. The molecule has 2 amide bonds. The van der Waals surface area contributed by atoms with E-state index in [0.29, 0.717) is 31.1 Å². The maximum atomic E-state index is 13.3. The molecule has 2 fully saturated rings. The summed E-state index contributed by atoms with van der Waals surface area (Å²) in [6.07, 6.45) is 4.53. The van der Waals surface area contributed by atoms with Crippen molar-refractivity contribution in [1.82, 2.24) is 10.2 Å². The Hall–Kier alpha value is -1.66. The van der Waals surface area contributed by atoms with Crippen LogP contribution in [0, 0.1) is 11.7 Å². The summed E-state index contributed by atoms with van der Waals surface area (Å²) < 4.78 is 19.5. The lowest BCUT2D eigenvalue weighted by molar-refractivity contribution is -0.125. The zero-order chi connectivity index (χ0) is 19.4. The van der Waals surface area contributed by atoms with Crippen molar-refractivity contribution in [2.75, 3.05) is 26.2 Å². The minimum atomic E-state index is -0.522. The van der Waals surface area contributed by atoms with Crippen LogP contribution in [0.1, 0.15) is 49.4 Å². The fraction of sp³-hybridized carbons (Fsp3) is 0.600. The van der Waals surface area contributed by atoms with Gasteiger partial charge in [-0.2, -0.15) is 0 Å². The third kappa shape index (κ3) is 4.99. The second-order valence-corrected chi connectivity index (χ2v) is 7.99. The Bertz CT molecular complexity index is 704. The summed E-state index contributed by atoms with van der Waals surface area (Å²) in [5.41, 5.74) is 0.242. The summed E-state index contributed by atoms with van der Waals surface area (Å²) in [5.74, 6) is -0.107. The molecule has 0 aliphatic carbocycles. The van der Waals surface area contributed by atoms with E-state index < -0.39 is 5.82 Å². The largest absolute Gasteiger partial charge is 0.375 e. The number of piperidine rings is 1. The summed E-state index contributed by atoms with van der Waals surface area (Å²) >= 11 is 5.80. The van der Waals surface area contributed by atoms with Gasteiger partial charge in [-0.15, -0.1) is 0 Å². The number of nitrogens with zero attached hydrogens (tertiary/aromatic N) is 1. The molecule has 2 aliphatic rings. The number of carbonyl (C=O) groups is 2. The third-order valence-corrected chi connectivity index (χ3v) is 5.94. The minimum Gasteiger partial charge on any atom is -0.375 e. The Morgan fingerprint density at radius 2 is 2.11 bits per heavy atom. The van der Waals surface area contributed by atoms with Crippen molar-refractivity contribution in [1.29, 1.82) is 0 Å². The van der Waals surface area contributed by atoms with E-state index >= 15 is 0 Å². The highest BCUT2D eigenvalue weighted by atomic mass is 35.5. The van der Waals surface area contributed by atoms with E-state index in [0.717, 1.165) is 38.7 Å². The predicted molar refractivity (Wildman–Crippen MR) is 101 cm³/mol. The van der Waals surface area contributed by atoms with Crippen LogP contribution in [0.25, 0.3) is 0 Å². The average Bonchev–Trinajstić information content (AvgIpc) is 2.64. The second kappa shape index (κ2) is 8.57. The smallest absolute Gasteiger partial charge is 0.253 e. The average molecular weight is 397 g/mol. The van der Waals surface area contributed by atoms with Crippen molar-refractivity contribution in [3.05, 3.63) is 34.6 Å². The molecule has 148 valence electrons. The Kier molecular flexibility index (Phi) is 6.37. The van der Waals surface area contributed by atoms with Crippen LogP contribution in [0.15, 0.2) is 18.2 Å². The maximum Gasteiger partial charge on any atom is 0.253 e. The standard InChI is InChI=1S/C20H26ClFN2O3/c1-14(25)23-8-4-15-5-11-27-20(13-15)6-9-24(10-7-20)19(26)16-2-3-18(22)17(21)12-16/h2-3,12,15H,4-11,13H2,1H3,(H,23,25). The molecule has 1 aromatic rings. The topological polar surface area (TPSA) is 58.6 Å². The van der Waals surface area contributed by atoms with Crippen molar-refractivity contribution in [3.8, 4) is 0 Å². The molecule has 5 nitrogen and oxygen atoms in total. The summed E-state index contributed by atoms with van der Waals surface area (Å²) in [6.45, 7) is 4.20. The fourth-order valence-corrected chi connectivity index (χ4v) is 4.29. The number of hydrogen-bond donors (Lipinski definition) is 1. The molecule has 3 rings (SSSR count). The first-order valence-electron chi connectivity index (χ1n) is 9.51. The van der Waals surface area contributed by atoms with E-state index in [-0.39, 0.29) is 22.4 Å². The first kappa shape index (κ1) is 20.1. The lowest BCUT2D eigenvalue weighted by Crippen LogP contribution is -2.51. The van der Waals surface area contributed by atoms with E-state index in [1.54, 1.807) is 4.90 Å². The van der Waals surface area contributed by atoms with E-state index in [1.807, 2.05) is 0 Å². The Morgan fingerprint density at radius 3 is 2.78 bits per heavy atom. The number of benzene rings is 1. The van der Waals surface area contributed by atoms with Gasteiger partial charge in [0.15, 0.2) is 0 Å². The van der Waals surface area contributed by atoms with Gasteiger partial charge in [-0.25, -0.2) is 4.39 Å². The molecule has 0 aromatic heterocycles. The number of nitrogens with one attached hydrogen (secondary N) is 1. The molecule has 7 heteroatoms. The minimum absolute atomic E-state index is 0.00416. The zero-order valence-corrected chi connectivity index (χ0v) is 16.4. The maximum absolute atomic E-state index is 13.3. The monoisotopic (exact) mass is 396 g/mol. The van der Waals surface area contributed by atoms with Gasteiger partial charge in [-0.3, -0.25) is 9.59 Å². The van der Waals surface area contributed by atoms with Crippen LogP contribution in [0.2, 0.25) is 5.02 Å². The number of halogens is 2. The Labute approximate surface area is 164 Å². The number of amides is 2. The van der Waals surface area contributed by atoms with E-state index in [4.69, 9.17) is 16.3 Å². The molecule has 0 radical (unpaired) electrons. The lowest BCUT2D eigenvalue weighted by atomic mass is 9.78. The Balaban J connectivity index is 1.54. The summed E-state index contributed by atoms with van der Waals surface area (Å²) in [7, 11) is 0. The lowest BCUT2D eigenvalue weighted by Gasteiger charge is -2.46. The molecule has 1 N–H and O–H groups in total. The molecule has 1 unspecified atom stereocenters. The number of rotatable bonds is 4. The molecular weight excluding hydrogens is 371 g/mol. The fourth-order valence-electron chi connectivity index (χ4n) is 4.11. The van der Waals surface area contributed by atoms with Crippen molar-refractivity contribution in [2.45, 2.75) is 44.6 Å². The molecule has 2 saturated heterocycles. The van der Waals surface area contributed by atoms with Crippen LogP contribution in [0.4, 0.5) is 4.39 Å². The Morgan fingerprint density at radius 1 is 1.37 bits per heavy atom. The van der Waals surface area contributed by atoms with Crippen LogP contribution in [0.3, 0.4) is 0 Å². The predicted octanol–water partition coefficient (Wildman–Crippen LogP) is 3.41. The molecule has 1 spiro atoms. The summed E-state index contributed by atoms with van der Waals surface area (Å²) in [4.78, 5) is 25.5. The van der Waals surface area contributed by atoms with E-state index in [2.05, 4.69) is 5.32 Å². The molecule has 1 atom stereocenters. The number of carbonyl (C=O) groups excluding carboxylic acids is 2. The molecular formula is C20H26ClFN2O3. The van der Waals surface area contributed by atoms with Crippen molar-refractivity contribution >= 4 is 23.4 Å². The van der Waals surface area contributed by atoms with E-state index in [9.17, 15) is 14.0 Å². The number of hydrogen-bond acceptors (Lipinski definition) is 3. The molecule has 1 aromatic carbocycles. The van der Waals surface area contributed by atoms with Crippen LogP contribution < -0.4 is 5.32 Å².